The average molecular weight is 603 g/mol. The van der Waals surface area contributed by atoms with E-state index in [0.717, 1.165) is 6.26 Å². The van der Waals surface area contributed by atoms with E-state index in [2.05, 4.69) is 20.7 Å². The molecule has 0 aromatic heterocycles. The standard InChI is InChI=1S/C28H38N6O7S/c1-4-16(2)24-28(38)31-21(7-5-6-12-29)27(37)32-22-13-17(25(30)35)8-9-18(22)15-41-23-11-10-19(34-42(3,39)40)14-20(23)26(36)33-24/h8-11,13-14,16,21,24,34H,4-7,12,15,29H2,1-3H3,(H2,30,35)(H,31,38)(H,32,37)(H,33,36). The smallest absolute Gasteiger partial charge is 0.255 e. The highest BCUT2D eigenvalue weighted by molar-refractivity contribution is 7.92. The van der Waals surface area contributed by atoms with Crippen LogP contribution in [-0.4, -0.2) is 56.9 Å². The summed E-state index contributed by atoms with van der Waals surface area (Å²) < 4.78 is 32.0. The number of amides is 4. The van der Waals surface area contributed by atoms with Crippen LogP contribution in [0, 0.1) is 5.92 Å². The summed E-state index contributed by atoms with van der Waals surface area (Å²) in [4.78, 5) is 52.5. The second-order valence-electron chi connectivity index (χ2n) is 10.3. The summed E-state index contributed by atoms with van der Waals surface area (Å²) in [6.07, 6.45) is 2.97. The van der Waals surface area contributed by atoms with Crippen molar-refractivity contribution in [3.63, 3.8) is 0 Å². The number of hydrogen-bond donors (Lipinski definition) is 6. The molecule has 3 atom stereocenters. The van der Waals surface area contributed by atoms with Crippen molar-refractivity contribution in [3.8, 4) is 5.75 Å². The minimum atomic E-state index is -3.65. The number of sulfonamides is 1. The maximum Gasteiger partial charge on any atom is 0.255 e. The van der Waals surface area contributed by atoms with Gasteiger partial charge in [-0.1, -0.05) is 26.3 Å². The van der Waals surface area contributed by atoms with Crippen LogP contribution in [0.1, 0.15) is 65.8 Å². The Balaban J connectivity index is 2.14. The van der Waals surface area contributed by atoms with Crippen molar-refractivity contribution in [2.75, 3.05) is 22.8 Å². The summed E-state index contributed by atoms with van der Waals surface area (Å²) in [6.45, 7) is 3.93. The molecule has 42 heavy (non-hydrogen) atoms. The van der Waals surface area contributed by atoms with E-state index >= 15 is 0 Å². The van der Waals surface area contributed by atoms with E-state index in [1.54, 1.807) is 13.0 Å². The average Bonchev–Trinajstić information content (AvgIpc) is 2.93. The number of anilines is 2. The molecule has 1 heterocycles. The Morgan fingerprint density at radius 2 is 1.83 bits per heavy atom. The third-order valence-electron chi connectivity index (χ3n) is 6.92. The lowest BCUT2D eigenvalue weighted by atomic mass is 9.96. The number of unbranched alkanes of at least 4 members (excludes halogenated alkanes) is 1. The molecule has 1 aliphatic rings. The Hall–Kier alpha value is -4.17. The summed E-state index contributed by atoms with van der Waals surface area (Å²) in [5.74, 6) is -2.69. The van der Waals surface area contributed by atoms with Crippen molar-refractivity contribution in [3.05, 3.63) is 53.1 Å². The van der Waals surface area contributed by atoms with E-state index in [1.807, 2.05) is 6.92 Å². The molecule has 4 amide bonds. The van der Waals surface area contributed by atoms with Crippen molar-refractivity contribution in [2.45, 2.75) is 58.2 Å². The summed E-state index contributed by atoms with van der Waals surface area (Å²) >= 11 is 0. The third kappa shape index (κ3) is 8.66. The second kappa shape index (κ2) is 14.1. The topological polar surface area (TPSA) is 212 Å². The lowest BCUT2D eigenvalue weighted by Gasteiger charge is -2.27. The molecular formula is C28H38N6O7S. The van der Waals surface area contributed by atoms with Crippen LogP contribution < -0.4 is 36.9 Å². The van der Waals surface area contributed by atoms with Gasteiger partial charge in [-0.2, -0.15) is 0 Å². The SMILES string of the molecule is CCC(C)C1NC(=O)c2cc(NS(C)(=O)=O)ccc2OCc2ccc(C(N)=O)cc2NC(=O)C(CCCCN)NC1=O. The lowest BCUT2D eigenvalue weighted by molar-refractivity contribution is -0.128. The number of nitrogens with two attached hydrogens (primary N) is 2. The highest BCUT2D eigenvalue weighted by Gasteiger charge is 2.31. The molecule has 0 saturated carbocycles. The molecule has 0 spiro atoms. The Morgan fingerprint density at radius 1 is 1.10 bits per heavy atom. The molecule has 2 aromatic carbocycles. The van der Waals surface area contributed by atoms with Crippen LogP contribution in [0.15, 0.2) is 36.4 Å². The molecule has 3 unspecified atom stereocenters. The number of nitrogens with one attached hydrogen (secondary N) is 4. The van der Waals surface area contributed by atoms with Gasteiger partial charge in [0.05, 0.1) is 11.8 Å². The first kappa shape index (κ1) is 32.3. The van der Waals surface area contributed by atoms with Crippen LogP contribution in [0.4, 0.5) is 11.4 Å². The molecule has 2 aromatic rings. The first-order valence-electron chi connectivity index (χ1n) is 13.6. The zero-order chi connectivity index (χ0) is 31.0. The fourth-order valence-electron chi connectivity index (χ4n) is 4.40. The molecule has 14 heteroatoms. The molecule has 0 saturated heterocycles. The molecule has 0 bridgehead atoms. The Kier molecular flexibility index (Phi) is 10.9. The van der Waals surface area contributed by atoms with E-state index in [4.69, 9.17) is 16.2 Å². The van der Waals surface area contributed by atoms with Crippen molar-refractivity contribution >= 4 is 45.0 Å². The number of ether oxygens (including phenoxy) is 1. The molecule has 1 aliphatic heterocycles. The Bertz CT molecular complexity index is 1450. The van der Waals surface area contributed by atoms with E-state index in [9.17, 15) is 27.6 Å². The maximum absolute atomic E-state index is 13.6. The summed E-state index contributed by atoms with van der Waals surface area (Å²) in [5.41, 5.74) is 12.1. The molecular weight excluding hydrogens is 564 g/mol. The number of primary amides is 1. The molecule has 3 rings (SSSR count). The molecule has 13 nitrogen and oxygen atoms in total. The van der Waals surface area contributed by atoms with Crippen LogP contribution in [0.3, 0.4) is 0 Å². The fraction of sp³-hybridized carbons (Fsp3) is 0.429. The predicted molar refractivity (Wildman–Crippen MR) is 158 cm³/mol. The number of fused-ring (bicyclic) bond motifs is 2. The zero-order valence-corrected chi connectivity index (χ0v) is 24.7. The van der Waals surface area contributed by atoms with Gasteiger partial charge in [-0.05, 0) is 62.1 Å². The number of carbonyl (C=O) groups excluding carboxylic acids is 4. The first-order chi connectivity index (χ1) is 19.8. The minimum Gasteiger partial charge on any atom is -0.488 e. The van der Waals surface area contributed by atoms with Crippen LogP contribution in [0.25, 0.3) is 0 Å². The van der Waals surface area contributed by atoms with Crippen LogP contribution >= 0.6 is 0 Å². The second-order valence-corrected chi connectivity index (χ2v) is 12.0. The van der Waals surface area contributed by atoms with Gasteiger partial charge in [0.25, 0.3) is 5.91 Å². The highest BCUT2D eigenvalue weighted by atomic mass is 32.2. The number of carbonyl (C=O) groups is 4. The molecule has 0 fully saturated rings. The first-order valence-corrected chi connectivity index (χ1v) is 15.5. The van der Waals surface area contributed by atoms with Crippen LogP contribution in [0.5, 0.6) is 5.75 Å². The van der Waals surface area contributed by atoms with E-state index in [1.165, 1.54) is 30.3 Å². The minimum absolute atomic E-state index is 0.0133. The third-order valence-corrected chi connectivity index (χ3v) is 7.53. The van der Waals surface area contributed by atoms with Crippen molar-refractivity contribution in [1.29, 1.82) is 0 Å². The summed E-state index contributed by atoms with van der Waals surface area (Å²) in [5, 5.41) is 8.32. The highest BCUT2D eigenvalue weighted by Crippen LogP contribution is 2.27. The van der Waals surface area contributed by atoms with Gasteiger partial charge in [-0.3, -0.25) is 23.9 Å². The van der Waals surface area contributed by atoms with Gasteiger partial charge in [0.1, 0.15) is 24.4 Å². The zero-order valence-electron chi connectivity index (χ0n) is 23.9. The lowest BCUT2D eigenvalue weighted by Crippen LogP contribution is -2.55. The van der Waals surface area contributed by atoms with E-state index in [0.29, 0.717) is 31.4 Å². The molecule has 0 radical (unpaired) electrons. The monoisotopic (exact) mass is 602 g/mol. The van der Waals surface area contributed by atoms with E-state index < -0.39 is 45.7 Å². The van der Waals surface area contributed by atoms with Gasteiger partial charge in [0, 0.05) is 22.5 Å². The van der Waals surface area contributed by atoms with Crippen LogP contribution in [-0.2, 0) is 26.2 Å². The number of rotatable bonds is 9. The molecule has 8 N–H and O–H groups in total. The number of hydrogen-bond acceptors (Lipinski definition) is 8. The van der Waals surface area contributed by atoms with Gasteiger partial charge in [-0.15, -0.1) is 0 Å². The molecule has 228 valence electrons. The van der Waals surface area contributed by atoms with Crippen molar-refractivity contribution in [2.24, 2.45) is 17.4 Å². The number of benzene rings is 2. The fourth-order valence-corrected chi connectivity index (χ4v) is 4.96. The predicted octanol–water partition coefficient (Wildman–Crippen LogP) is 1.45. The van der Waals surface area contributed by atoms with Gasteiger partial charge in [-0.25, -0.2) is 8.42 Å². The quantitative estimate of drug-likeness (QED) is 0.231. The van der Waals surface area contributed by atoms with E-state index in [-0.39, 0.29) is 47.2 Å². The summed E-state index contributed by atoms with van der Waals surface area (Å²) in [7, 11) is -3.65. The van der Waals surface area contributed by atoms with Gasteiger partial charge in [0.15, 0.2) is 0 Å². The largest absolute Gasteiger partial charge is 0.488 e. The maximum atomic E-state index is 13.6. The molecule has 0 aliphatic carbocycles. The summed E-state index contributed by atoms with van der Waals surface area (Å²) in [6, 6.07) is 6.63. The Morgan fingerprint density at radius 3 is 2.48 bits per heavy atom. The van der Waals surface area contributed by atoms with Gasteiger partial charge >= 0.3 is 0 Å². The van der Waals surface area contributed by atoms with Crippen molar-refractivity contribution in [1.82, 2.24) is 10.6 Å². The van der Waals surface area contributed by atoms with Crippen molar-refractivity contribution < 1.29 is 32.3 Å². The van der Waals surface area contributed by atoms with Gasteiger partial charge in [0.2, 0.25) is 27.7 Å². The van der Waals surface area contributed by atoms with Gasteiger partial charge < -0.3 is 32.2 Å². The Labute approximate surface area is 245 Å². The van der Waals surface area contributed by atoms with Crippen LogP contribution in [0.2, 0.25) is 0 Å². The normalized spacial score (nSPS) is 18.6.